The van der Waals surface area contributed by atoms with Gasteiger partial charge in [-0.15, -0.1) is 12.4 Å². The third kappa shape index (κ3) is 5.88. The molecule has 1 saturated carbocycles. The zero-order chi connectivity index (χ0) is 17.6. The lowest BCUT2D eigenvalue weighted by atomic mass is 9.95. The van der Waals surface area contributed by atoms with Crippen molar-refractivity contribution in [2.75, 3.05) is 26.2 Å². The number of nitrogens with one attached hydrogen (secondary N) is 1. The molecule has 144 valence electrons. The van der Waals surface area contributed by atoms with Crippen molar-refractivity contribution in [1.29, 1.82) is 0 Å². The van der Waals surface area contributed by atoms with Gasteiger partial charge in [0.2, 0.25) is 5.91 Å². The molecule has 1 aliphatic heterocycles. The molecular formula is C19H28ClN3O3. The van der Waals surface area contributed by atoms with Gasteiger partial charge in [-0.05, 0) is 43.7 Å². The molecular weight excluding hydrogens is 354 g/mol. The fourth-order valence-electron chi connectivity index (χ4n) is 3.20. The molecule has 1 aromatic carbocycles. The summed E-state index contributed by atoms with van der Waals surface area (Å²) >= 11 is 0. The van der Waals surface area contributed by atoms with E-state index in [1.54, 1.807) is 4.90 Å². The number of nitrogens with zero attached hydrogens (tertiary/aromatic N) is 1. The lowest BCUT2D eigenvalue weighted by Gasteiger charge is -2.31. The van der Waals surface area contributed by atoms with Crippen molar-refractivity contribution in [3.05, 3.63) is 30.3 Å². The van der Waals surface area contributed by atoms with Gasteiger partial charge < -0.3 is 20.7 Å². The number of piperidine rings is 1. The number of amides is 2. The van der Waals surface area contributed by atoms with Crippen LogP contribution in [0.25, 0.3) is 0 Å². The van der Waals surface area contributed by atoms with Gasteiger partial charge in [0.15, 0.2) is 6.61 Å². The van der Waals surface area contributed by atoms with E-state index in [2.05, 4.69) is 5.32 Å². The summed E-state index contributed by atoms with van der Waals surface area (Å²) in [6.45, 7) is 1.80. The summed E-state index contributed by atoms with van der Waals surface area (Å²) in [4.78, 5) is 26.2. The summed E-state index contributed by atoms with van der Waals surface area (Å²) in [6.07, 6.45) is 3.76. The summed E-state index contributed by atoms with van der Waals surface area (Å²) in [7, 11) is 0. The van der Waals surface area contributed by atoms with Crippen LogP contribution in [0, 0.1) is 11.8 Å². The molecule has 2 aliphatic rings. The van der Waals surface area contributed by atoms with Crippen LogP contribution >= 0.6 is 12.4 Å². The van der Waals surface area contributed by atoms with Crippen LogP contribution in [0.4, 0.5) is 0 Å². The van der Waals surface area contributed by atoms with Crippen LogP contribution in [0.5, 0.6) is 5.75 Å². The molecule has 1 heterocycles. The Morgan fingerprint density at radius 3 is 2.42 bits per heavy atom. The first-order valence-corrected chi connectivity index (χ1v) is 9.12. The van der Waals surface area contributed by atoms with E-state index < -0.39 is 0 Å². The number of ether oxygens (including phenoxy) is 1. The van der Waals surface area contributed by atoms with Gasteiger partial charge in [0.1, 0.15) is 5.75 Å². The van der Waals surface area contributed by atoms with Crippen molar-refractivity contribution < 1.29 is 14.3 Å². The number of carbonyl (C=O) groups is 2. The second-order valence-electron chi connectivity index (χ2n) is 7.00. The fraction of sp³-hybridized carbons (Fsp3) is 0.579. The predicted molar refractivity (Wildman–Crippen MR) is 102 cm³/mol. The Labute approximate surface area is 160 Å². The number of benzene rings is 1. The summed E-state index contributed by atoms with van der Waals surface area (Å²) in [5.41, 5.74) is 6.02. The number of likely N-dealkylation sites (tertiary alicyclic amines) is 1. The van der Waals surface area contributed by atoms with E-state index in [-0.39, 0.29) is 42.8 Å². The van der Waals surface area contributed by atoms with E-state index in [4.69, 9.17) is 10.5 Å². The number of nitrogens with two attached hydrogens (primary N) is 1. The number of rotatable bonds is 7. The van der Waals surface area contributed by atoms with Crippen LogP contribution in [0.3, 0.4) is 0 Å². The average molecular weight is 382 g/mol. The molecule has 26 heavy (non-hydrogen) atoms. The van der Waals surface area contributed by atoms with Crippen molar-refractivity contribution in [3.8, 4) is 5.75 Å². The van der Waals surface area contributed by atoms with Crippen molar-refractivity contribution in [1.82, 2.24) is 10.2 Å². The average Bonchev–Trinajstić information content (AvgIpc) is 3.50. The second kappa shape index (κ2) is 9.78. The molecule has 2 amide bonds. The van der Waals surface area contributed by atoms with E-state index in [0.29, 0.717) is 44.1 Å². The van der Waals surface area contributed by atoms with Crippen LogP contribution in [0.15, 0.2) is 30.3 Å². The highest BCUT2D eigenvalue weighted by Crippen LogP contribution is 2.31. The van der Waals surface area contributed by atoms with Crippen molar-refractivity contribution in [2.45, 2.75) is 31.7 Å². The lowest BCUT2D eigenvalue weighted by Crippen LogP contribution is -2.46. The van der Waals surface area contributed by atoms with Gasteiger partial charge in [-0.1, -0.05) is 18.2 Å². The van der Waals surface area contributed by atoms with Crippen molar-refractivity contribution >= 4 is 24.2 Å². The Kier molecular flexibility index (Phi) is 7.72. The minimum atomic E-state index is -0.0292. The molecule has 1 unspecified atom stereocenters. The van der Waals surface area contributed by atoms with E-state index >= 15 is 0 Å². The topological polar surface area (TPSA) is 84.7 Å². The van der Waals surface area contributed by atoms with E-state index in [1.807, 2.05) is 30.3 Å². The summed E-state index contributed by atoms with van der Waals surface area (Å²) < 4.78 is 5.50. The normalized spacial score (nSPS) is 18.6. The first-order chi connectivity index (χ1) is 12.1. The van der Waals surface area contributed by atoms with Gasteiger partial charge in [-0.3, -0.25) is 9.59 Å². The number of para-hydroxylation sites is 1. The maximum atomic E-state index is 12.2. The van der Waals surface area contributed by atoms with Crippen molar-refractivity contribution in [2.24, 2.45) is 17.6 Å². The van der Waals surface area contributed by atoms with E-state index in [1.165, 1.54) is 12.8 Å². The Morgan fingerprint density at radius 2 is 1.81 bits per heavy atom. The minimum absolute atomic E-state index is 0. The molecule has 7 heteroatoms. The Balaban J connectivity index is 0.00000243. The van der Waals surface area contributed by atoms with Gasteiger partial charge >= 0.3 is 0 Å². The van der Waals surface area contributed by atoms with Gasteiger partial charge in [-0.2, -0.15) is 0 Å². The molecule has 6 nitrogen and oxygen atoms in total. The third-order valence-corrected chi connectivity index (χ3v) is 5.06. The Bertz CT molecular complexity index is 587. The standard InChI is InChI=1S/C19H27N3O3.ClH/c20-17(14-6-7-14)12-21-19(24)15-8-10-22(11-9-15)18(23)13-25-16-4-2-1-3-5-16;/h1-5,14-15,17H,6-13,20H2,(H,21,24);1H. The quantitative estimate of drug-likeness (QED) is 0.751. The van der Waals surface area contributed by atoms with E-state index in [9.17, 15) is 9.59 Å². The van der Waals surface area contributed by atoms with Crippen LogP contribution in [0.2, 0.25) is 0 Å². The summed E-state index contributed by atoms with van der Waals surface area (Å²) in [5.74, 6) is 1.30. The zero-order valence-electron chi connectivity index (χ0n) is 14.9. The van der Waals surface area contributed by atoms with Gasteiger partial charge in [0.25, 0.3) is 5.91 Å². The molecule has 1 saturated heterocycles. The van der Waals surface area contributed by atoms with Crippen LogP contribution in [-0.2, 0) is 9.59 Å². The molecule has 1 aromatic rings. The lowest BCUT2D eigenvalue weighted by molar-refractivity contribution is -0.137. The van der Waals surface area contributed by atoms with Crippen molar-refractivity contribution in [3.63, 3.8) is 0 Å². The monoisotopic (exact) mass is 381 g/mol. The Morgan fingerprint density at radius 1 is 1.15 bits per heavy atom. The molecule has 2 fully saturated rings. The summed E-state index contributed by atoms with van der Waals surface area (Å²) in [6, 6.07) is 9.40. The highest BCUT2D eigenvalue weighted by molar-refractivity contribution is 5.85. The molecule has 0 radical (unpaired) electrons. The maximum absolute atomic E-state index is 12.2. The molecule has 1 atom stereocenters. The van der Waals surface area contributed by atoms with Gasteiger partial charge in [-0.25, -0.2) is 0 Å². The molecule has 3 N–H and O–H groups in total. The molecule has 3 rings (SSSR count). The third-order valence-electron chi connectivity index (χ3n) is 5.06. The molecule has 1 aliphatic carbocycles. The number of carbonyl (C=O) groups excluding carboxylic acids is 2. The van der Waals surface area contributed by atoms with Crippen LogP contribution in [-0.4, -0.2) is 49.0 Å². The van der Waals surface area contributed by atoms with Gasteiger partial charge in [0, 0.05) is 31.6 Å². The smallest absolute Gasteiger partial charge is 0.260 e. The Hall–Kier alpha value is -1.79. The molecule has 0 spiro atoms. The number of halogens is 1. The van der Waals surface area contributed by atoms with Gasteiger partial charge in [0.05, 0.1) is 0 Å². The molecule has 0 bridgehead atoms. The second-order valence-corrected chi connectivity index (χ2v) is 7.00. The van der Waals surface area contributed by atoms with Crippen LogP contribution < -0.4 is 15.8 Å². The SMILES string of the molecule is Cl.NC(CNC(=O)C1CCN(C(=O)COc2ccccc2)CC1)C1CC1. The van der Waals surface area contributed by atoms with E-state index in [0.717, 1.165) is 0 Å². The minimum Gasteiger partial charge on any atom is -0.484 e. The first kappa shape index (κ1) is 20.5. The number of hydrogen-bond donors (Lipinski definition) is 2. The number of hydrogen-bond acceptors (Lipinski definition) is 4. The highest BCUT2D eigenvalue weighted by atomic mass is 35.5. The fourth-order valence-corrected chi connectivity index (χ4v) is 3.20. The van der Waals surface area contributed by atoms with Crippen LogP contribution in [0.1, 0.15) is 25.7 Å². The first-order valence-electron chi connectivity index (χ1n) is 9.12. The largest absolute Gasteiger partial charge is 0.484 e. The molecule has 0 aromatic heterocycles. The predicted octanol–water partition coefficient (Wildman–Crippen LogP) is 1.58. The zero-order valence-corrected chi connectivity index (χ0v) is 15.7. The highest BCUT2D eigenvalue weighted by Gasteiger charge is 2.30. The maximum Gasteiger partial charge on any atom is 0.260 e. The summed E-state index contributed by atoms with van der Waals surface area (Å²) in [5, 5.41) is 2.97.